The van der Waals surface area contributed by atoms with Crippen LogP contribution >= 0.6 is 0 Å². The number of carbonyl (C=O) groups is 1. The van der Waals surface area contributed by atoms with Crippen molar-refractivity contribution in [3.8, 4) is 11.5 Å². The van der Waals surface area contributed by atoms with E-state index in [1.807, 2.05) is 0 Å². The van der Waals surface area contributed by atoms with Crippen LogP contribution in [0.1, 0.15) is 12.0 Å². The minimum Gasteiger partial charge on any atom is -0.504 e. The summed E-state index contributed by atoms with van der Waals surface area (Å²) in [7, 11) is -4.00. The molecular weight excluding hydrogens is 348 g/mol. The molecule has 0 aliphatic heterocycles. The maximum Gasteiger partial charge on any atom is 0.303 e. The molecule has 25 heavy (non-hydrogen) atoms. The number of aromatic nitrogens is 2. The van der Waals surface area contributed by atoms with Crippen molar-refractivity contribution < 1.29 is 28.5 Å². The Morgan fingerprint density at radius 2 is 1.92 bits per heavy atom. The van der Waals surface area contributed by atoms with Gasteiger partial charge in [0.05, 0.1) is 5.52 Å². The molecular formula is C16H14N2O6S. The molecule has 0 spiro atoms. The maximum atomic E-state index is 12.9. The molecule has 130 valence electrons. The van der Waals surface area contributed by atoms with Crippen LogP contribution < -0.4 is 0 Å². The Kier molecular flexibility index (Phi) is 4.09. The number of fused-ring (bicyclic) bond motifs is 1. The molecule has 1 aromatic carbocycles. The van der Waals surface area contributed by atoms with Gasteiger partial charge in [0.25, 0.3) is 10.0 Å². The lowest BCUT2D eigenvalue weighted by molar-refractivity contribution is -0.136. The van der Waals surface area contributed by atoms with Gasteiger partial charge >= 0.3 is 5.97 Å². The summed E-state index contributed by atoms with van der Waals surface area (Å²) >= 11 is 0. The second-order valence-electron chi connectivity index (χ2n) is 5.40. The number of benzene rings is 1. The number of phenolic OH excluding ortho intramolecular Hbond substituents is 2. The van der Waals surface area contributed by atoms with E-state index in [1.165, 1.54) is 36.8 Å². The molecule has 0 saturated carbocycles. The third kappa shape index (κ3) is 3.01. The average Bonchev–Trinajstić information content (AvgIpc) is 2.92. The zero-order valence-corrected chi connectivity index (χ0v) is 13.6. The van der Waals surface area contributed by atoms with Gasteiger partial charge in [-0.25, -0.2) is 12.4 Å². The first-order chi connectivity index (χ1) is 11.8. The largest absolute Gasteiger partial charge is 0.504 e. The van der Waals surface area contributed by atoms with E-state index in [9.17, 15) is 23.4 Å². The van der Waals surface area contributed by atoms with Crippen LogP contribution in [0.2, 0.25) is 0 Å². The van der Waals surface area contributed by atoms with Crippen molar-refractivity contribution in [1.82, 2.24) is 8.96 Å². The topological polar surface area (TPSA) is 130 Å². The monoisotopic (exact) mass is 362 g/mol. The second kappa shape index (κ2) is 6.10. The van der Waals surface area contributed by atoms with Gasteiger partial charge in [0.1, 0.15) is 4.90 Å². The smallest absolute Gasteiger partial charge is 0.303 e. The third-order valence-electron chi connectivity index (χ3n) is 3.75. The highest BCUT2D eigenvalue weighted by Crippen LogP contribution is 2.35. The number of aromatic hydroxyl groups is 2. The Bertz CT molecular complexity index is 1060. The maximum absolute atomic E-state index is 12.9. The highest BCUT2D eigenvalue weighted by molar-refractivity contribution is 7.90. The van der Waals surface area contributed by atoms with Crippen molar-refractivity contribution in [2.75, 3.05) is 0 Å². The Labute approximate surface area is 142 Å². The summed E-state index contributed by atoms with van der Waals surface area (Å²) in [6.45, 7) is 0. The number of hydrogen-bond donors (Lipinski definition) is 3. The molecule has 0 amide bonds. The van der Waals surface area contributed by atoms with Crippen LogP contribution in [0.25, 0.3) is 10.9 Å². The first kappa shape index (κ1) is 16.8. The van der Waals surface area contributed by atoms with Gasteiger partial charge in [0.15, 0.2) is 11.5 Å². The number of aryl methyl sites for hydroxylation is 1. The highest BCUT2D eigenvalue weighted by atomic mass is 32.2. The minimum atomic E-state index is -4.00. The zero-order valence-electron chi connectivity index (χ0n) is 12.8. The van der Waals surface area contributed by atoms with Gasteiger partial charge < -0.3 is 15.3 Å². The fourth-order valence-corrected chi connectivity index (χ4v) is 3.89. The van der Waals surface area contributed by atoms with Crippen molar-refractivity contribution in [2.45, 2.75) is 17.7 Å². The van der Waals surface area contributed by atoms with Gasteiger partial charge in [-0.3, -0.25) is 9.78 Å². The van der Waals surface area contributed by atoms with Crippen molar-refractivity contribution in [1.29, 1.82) is 0 Å². The van der Waals surface area contributed by atoms with Crippen molar-refractivity contribution in [2.24, 2.45) is 0 Å². The van der Waals surface area contributed by atoms with Gasteiger partial charge in [-0.05, 0) is 30.2 Å². The normalized spacial score (nSPS) is 11.7. The Morgan fingerprint density at radius 1 is 1.20 bits per heavy atom. The lowest BCUT2D eigenvalue weighted by Crippen LogP contribution is -2.12. The van der Waals surface area contributed by atoms with Gasteiger partial charge in [0, 0.05) is 36.5 Å². The van der Waals surface area contributed by atoms with Crippen LogP contribution in [0.3, 0.4) is 0 Å². The molecule has 0 bridgehead atoms. The summed E-state index contributed by atoms with van der Waals surface area (Å²) in [5.41, 5.74) is 0.569. The lowest BCUT2D eigenvalue weighted by atomic mass is 10.1. The average molecular weight is 362 g/mol. The molecule has 0 atom stereocenters. The number of rotatable bonds is 5. The van der Waals surface area contributed by atoms with E-state index in [1.54, 1.807) is 0 Å². The number of pyridine rings is 1. The van der Waals surface area contributed by atoms with E-state index in [0.29, 0.717) is 10.9 Å². The summed E-state index contributed by atoms with van der Waals surface area (Å²) in [6, 6.07) is 5.21. The molecule has 0 radical (unpaired) electrons. The van der Waals surface area contributed by atoms with E-state index < -0.39 is 27.5 Å². The summed E-state index contributed by atoms with van der Waals surface area (Å²) in [4.78, 5) is 14.6. The molecule has 9 heteroatoms. The van der Waals surface area contributed by atoms with E-state index in [-0.39, 0.29) is 23.3 Å². The Morgan fingerprint density at radius 3 is 2.56 bits per heavy atom. The lowest BCUT2D eigenvalue weighted by Gasteiger charge is -2.07. The molecule has 0 aliphatic rings. The summed E-state index contributed by atoms with van der Waals surface area (Å²) in [5, 5.41) is 28.7. The number of carboxylic acid groups (broad SMARTS) is 1. The molecule has 8 nitrogen and oxygen atoms in total. The SMILES string of the molecule is O=C(O)CCc1cn(S(=O)(=O)c2cccnc2)c2cc(O)c(O)cc12. The third-order valence-corrected chi connectivity index (χ3v) is 5.41. The Hall–Kier alpha value is -3.07. The minimum absolute atomic E-state index is 0.0516. The van der Waals surface area contributed by atoms with Crippen LogP contribution in [-0.2, 0) is 21.2 Å². The van der Waals surface area contributed by atoms with Crippen molar-refractivity contribution >= 4 is 26.9 Å². The number of aliphatic carboxylic acids is 1. The van der Waals surface area contributed by atoms with Crippen LogP contribution in [0.5, 0.6) is 11.5 Å². The fourth-order valence-electron chi connectivity index (χ4n) is 2.54. The molecule has 3 N–H and O–H groups in total. The van der Waals surface area contributed by atoms with Crippen LogP contribution in [0.15, 0.2) is 47.8 Å². The molecule has 3 aromatic rings. The first-order valence-corrected chi connectivity index (χ1v) is 8.68. The van der Waals surface area contributed by atoms with Crippen LogP contribution in [0, 0.1) is 0 Å². The number of carboxylic acids is 1. The standard InChI is InChI=1S/C16H14N2O6S/c19-14-6-12-10(3-4-16(21)22)9-18(13(12)7-15(14)20)25(23,24)11-2-1-5-17-8-11/h1-2,5-9,19-20H,3-4H2,(H,21,22). The number of nitrogens with zero attached hydrogens (tertiary/aromatic N) is 2. The molecule has 0 aliphatic carbocycles. The zero-order chi connectivity index (χ0) is 18.2. The Balaban J connectivity index is 2.25. The molecule has 0 saturated heterocycles. The van der Waals surface area contributed by atoms with Gasteiger partial charge in [0.2, 0.25) is 0 Å². The van der Waals surface area contributed by atoms with Crippen LogP contribution in [0.4, 0.5) is 0 Å². The van der Waals surface area contributed by atoms with E-state index in [2.05, 4.69) is 4.98 Å². The highest BCUT2D eigenvalue weighted by Gasteiger charge is 2.23. The number of phenols is 2. The van der Waals surface area contributed by atoms with E-state index in [0.717, 1.165) is 10.0 Å². The summed E-state index contributed by atoms with van der Waals surface area (Å²) < 4.78 is 26.7. The quantitative estimate of drug-likeness (QED) is 0.589. The molecule has 2 aromatic heterocycles. The fraction of sp³-hybridized carbons (Fsp3) is 0.125. The second-order valence-corrected chi connectivity index (χ2v) is 7.21. The molecule has 3 rings (SSSR count). The number of hydrogen-bond acceptors (Lipinski definition) is 6. The van der Waals surface area contributed by atoms with Crippen molar-refractivity contribution in [3.05, 3.63) is 48.4 Å². The van der Waals surface area contributed by atoms with Gasteiger partial charge in [-0.2, -0.15) is 0 Å². The van der Waals surface area contributed by atoms with Gasteiger partial charge in [-0.15, -0.1) is 0 Å². The first-order valence-electron chi connectivity index (χ1n) is 7.24. The van der Waals surface area contributed by atoms with Gasteiger partial charge in [-0.1, -0.05) is 0 Å². The molecule has 0 unspecified atom stereocenters. The summed E-state index contributed by atoms with van der Waals surface area (Å²) in [5.74, 6) is -1.92. The van der Waals surface area contributed by atoms with Crippen molar-refractivity contribution in [3.63, 3.8) is 0 Å². The molecule has 2 heterocycles. The molecule has 0 fully saturated rings. The van der Waals surface area contributed by atoms with E-state index >= 15 is 0 Å². The predicted octanol–water partition coefficient (Wildman–Crippen LogP) is 1.70. The predicted molar refractivity (Wildman–Crippen MR) is 88.0 cm³/mol. The van der Waals surface area contributed by atoms with Crippen LogP contribution in [-0.4, -0.2) is 38.7 Å². The summed E-state index contributed by atoms with van der Waals surface area (Å²) in [6.07, 6.45) is 3.81. The van der Waals surface area contributed by atoms with E-state index in [4.69, 9.17) is 5.11 Å².